The van der Waals surface area contributed by atoms with Crippen LogP contribution in [-0.2, 0) is 14.8 Å². The summed E-state index contributed by atoms with van der Waals surface area (Å²) >= 11 is 1.41. The number of rotatable bonds is 6. The van der Waals surface area contributed by atoms with Crippen LogP contribution in [0.1, 0.15) is 49.5 Å². The van der Waals surface area contributed by atoms with Gasteiger partial charge in [-0.25, -0.2) is 18.5 Å². The molecule has 1 saturated carbocycles. The molecule has 1 amide bonds. The average Bonchev–Trinajstić information content (AvgIpc) is 2.94. The van der Waals surface area contributed by atoms with Gasteiger partial charge < -0.3 is 9.88 Å². The molecule has 0 saturated heterocycles. The summed E-state index contributed by atoms with van der Waals surface area (Å²) in [6.45, 7) is 4.08. The van der Waals surface area contributed by atoms with Gasteiger partial charge in [-0.2, -0.15) is 0 Å². The molecule has 1 aliphatic rings. The molecule has 0 radical (unpaired) electrons. The number of carbonyl (C=O) groups is 1. The molecule has 0 aliphatic heterocycles. The number of nitrogens with zero attached hydrogens (tertiary/aromatic N) is 2. The fraction of sp³-hybridized carbons (Fsp3) is 0.474. The van der Waals surface area contributed by atoms with E-state index in [1.807, 2.05) is 6.92 Å². The SMILES string of the molecule is Cc1nc(SCC(=O)Nc2cccc(S(N)(=O)=O)c2)n(C2CCCCC2)c1C. The maximum absolute atomic E-state index is 12.4. The molecule has 2 aromatic rings. The van der Waals surface area contributed by atoms with E-state index >= 15 is 0 Å². The number of primary sulfonamides is 1. The highest BCUT2D eigenvalue weighted by atomic mass is 32.2. The first-order valence-electron chi connectivity index (χ1n) is 9.36. The van der Waals surface area contributed by atoms with Crippen LogP contribution in [0.5, 0.6) is 0 Å². The minimum atomic E-state index is -3.81. The maximum Gasteiger partial charge on any atom is 0.238 e. The van der Waals surface area contributed by atoms with Crippen LogP contribution >= 0.6 is 11.8 Å². The summed E-state index contributed by atoms with van der Waals surface area (Å²) in [5, 5.41) is 8.74. The first kappa shape index (κ1) is 20.9. The molecule has 1 fully saturated rings. The number of carbonyl (C=O) groups excluding carboxylic acids is 1. The Balaban J connectivity index is 1.68. The van der Waals surface area contributed by atoms with Crippen molar-refractivity contribution in [3.8, 4) is 0 Å². The van der Waals surface area contributed by atoms with E-state index in [0.29, 0.717) is 11.7 Å². The third-order valence-corrected chi connectivity index (χ3v) is 6.94. The Bertz CT molecular complexity index is 964. The molecule has 152 valence electrons. The summed E-state index contributed by atoms with van der Waals surface area (Å²) in [4.78, 5) is 17.0. The normalized spacial score (nSPS) is 15.5. The van der Waals surface area contributed by atoms with Crippen molar-refractivity contribution in [2.75, 3.05) is 11.1 Å². The number of aryl methyl sites for hydroxylation is 1. The van der Waals surface area contributed by atoms with E-state index in [2.05, 4.69) is 21.8 Å². The maximum atomic E-state index is 12.4. The Morgan fingerprint density at radius 1 is 1.29 bits per heavy atom. The zero-order valence-electron chi connectivity index (χ0n) is 16.1. The van der Waals surface area contributed by atoms with Crippen molar-refractivity contribution in [2.24, 2.45) is 5.14 Å². The van der Waals surface area contributed by atoms with Crippen molar-refractivity contribution >= 4 is 33.4 Å². The highest BCUT2D eigenvalue weighted by Gasteiger charge is 2.22. The van der Waals surface area contributed by atoms with Crippen molar-refractivity contribution in [2.45, 2.75) is 62.0 Å². The van der Waals surface area contributed by atoms with Crippen LogP contribution in [0.15, 0.2) is 34.3 Å². The molecular formula is C19H26N4O3S2. The number of anilines is 1. The lowest BCUT2D eigenvalue weighted by Gasteiger charge is -2.26. The first-order chi connectivity index (χ1) is 13.3. The van der Waals surface area contributed by atoms with E-state index in [0.717, 1.165) is 29.4 Å². The van der Waals surface area contributed by atoms with E-state index in [4.69, 9.17) is 5.14 Å². The predicted octanol–water partition coefficient (Wildman–Crippen LogP) is 3.38. The smallest absolute Gasteiger partial charge is 0.238 e. The molecule has 0 bridgehead atoms. The van der Waals surface area contributed by atoms with Crippen molar-refractivity contribution in [3.63, 3.8) is 0 Å². The molecule has 1 aromatic carbocycles. The summed E-state index contributed by atoms with van der Waals surface area (Å²) in [6, 6.07) is 6.38. The Labute approximate surface area is 170 Å². The van der Waals surface area contributed by atoms with Crippen LogP contribution in [0, 0.1) is 13.8 Å². The molecule has 28 heavy (non-hydrogen) atoms. The number of amides is 1. The van der Waals surface area contributed by atoms with Crippen molar-refractivity contribution in [1.82, 2.24) is 9.55 Å². The largest absolute Gasteiger partial charge is 0.325 e. The van der Waals surface area contributed by atoms with Crippen molar-refractivity contribution in [1.29, 1.82) is 0 Å². The second-order valence-electron chi connectivity index (χ2n) is 7.14. The predicted molar refractivity (Wildman–Crippen MR) is 111 cm³/mol. The number of thioether (sulfide) groups is 1. The zero-order valence-corrected chi connectivity index (χ0v) is 17.8. The Hall–Kier alpha value is -1.84. The van der Waals surface area contributed by atoms with Gasteiger partial charge in [0.2, 0.25) is 15.9 Å². The van der Waals surface area contributed by atoms with Crippen molar-refractivity contribution in [3.05, 3.63) is 35.7 Å². The third-order valence-electron chi connectivity index (χ3n) is 5.07. The fourth-order valence-corrected chi connectivity index (χ4v) is 5.06. The van der Waals surface area contributed by atoms with Crippen LogP contribution in [0.2, 0.25) is 0 Å². The van der Waals surface area contributed by atoms with E-state index in [9.17, 15) is 13.2 Å². The van der Waals surface area contributed by atoms with Gasteiger partial charge in [0.05, 0.1) is 16.3 Å². The summed E-state index contributed by atoms with van der Waals surface area (Å²) in [5.41, 5.74) is 2.56. The average molecular weight is 423 g/mol. The first-order valence-corrected chi connectivity index (χ1v) is 11.9. The van der Waals surface area contributed by atoms with Crippen LogP contribution in [0.25, 0.3) is 0 Å². The molecular weight excluding hydrogens is 396 g/mol. The number of hydrogen-bond donors (Lipinski definition) is 2. The molecule has 0 spiro atoms. The molecule has 7 nitrogen and oxygen atoms in total. The quantitative estimate of drug-likeness (QED) is 0.694. The Kier molecular flexibility index (Phi) is 6.47. The third kappa shape index (κ3) is 4.95. The number of aromatic nitrogens is 2. The van der Waals surface area contributed by atoms with Crippen LogP contribution in [0.3, 0.4) is 0 Å². The standard InChI is InChI=1S/C19H26N4O3S2/c1-13-14(2)23(16-8-4-3-5-9-16)19(21-13)27-12-18(24)22-15-7-6-10-17(11-15)28(20,25)26/h6-7,10-11,16H,3-5,8-9,12H2,1-2H3,(H,22,24)(H2,20,25,26). The summed E-state index contributed by atoms with van der Waals surface area (Å²) in [6.07, 6.45) is 6.04. The van der Waals surface area contributed by atoms with Gasteiger partial charge in [0, 0.05) is 17.4 Å². The lowest BCUT2D eigenvalue weighted by atomic mass is 9.95. The fourth-order valence-electron chi connectivity index (χ4n) is 3.55. The minimum absolute atomic E-state index is 0.0305. The van der Waals surface area contributed by atoms with E-state index in [1.165, 1.54) is 43.2 Å². The topological polar surface area (TPSA) is 107 Å². The molecule has 1 aliphatic carbocycles. The van der Waals surface area contributed by atoms with Crippen LogP contribution in [-0.4, -0.2) is 29.6 Å². The highest BCUT2D eigenvalue weighted by Crippen LogP contribution is 2.34. The van der Waals surface area contributed by atoms with Gasteiger partial charge in [-0.05, 0) is 44.9 Å². The second kappa shape index (κ2) is 8.67. The van der Waals surface area contributed by atoms with Gasteiger partial charge in [0.15, 0.2) is 5.16 Å². The van der Waals surface area contributed by atoms with E-state index in [-0.39, 0.29) is 16.6 Å². The lowest BCUT2D eigenvalue weighted by Crippen LogP contribution is -2.18. The number of nitrogens with two attached hydrogens (primary N) is 1. The Morgan fingerprint density at radius 2 is 2.00 bits per heavy atom. The number of benzene rings is 1. The van der Waals surface area contributed by atoms with Crippen molar-refractivity contribution < 1.29 is 13.2 Å². The summed E-state index contributed by atoms with van der Waals surface area (Å²) < 4.78 is 25.2. The number of hydrogen-bond acceptors (Lipinski definition) is 5. The molecule has 0 unspecified atom stereocenters. The van der Waals surface area contributed by atoms with Gasteiger partial charge in [-0.3, -0.25) is 4.79 Å². The molecule has 9 heteroatoms. The number of sulfonamides is 1. The van der Waals surface area contributed by atoms with Crippen LogP contribution in [0.4, 0.5) is 5.69 Å². The highest BCUT2D eigenvalue weighted by molar-refractivity contribution is 7.99. The van der Waals surface area contributed by atoms with Gasteiger partial charge in [-0.15, -0.1) is 0 Å². The van der Waals surface area contributed by atoms with E-state index in [1.54, 1.807) is 12.1 Å². The van der Waals surface area contributed by atoms with Gasteiger partial charge in [-0.1, -0.05) is 37.1 Å². The zero-order chi connectivity index (χ0) is 20.3. The summed E-state index contributed by atoms with van der Waals surface area (Å²) in [5.74, 6) is -0.0209. The van der Waals surface area contributed by atoms with Gasteiger partial charge >= 0.3 is 0 Å². The number of imidazole rings is 1. The molecule has 3 rings (SSSR count). The van der Waals surface area contributed by atoms with E-state index < -0.39 is 10.0 Å². The molecule has 0 atom stereocenters. The summed E-state index contributed by atoms with van der Waals surface area (Å²) in [7, 11) is -3.81. The Morgan fingerprint density at radius 3 is 2.68 bits per heavy atom. The lowest BCUT2D eigenvalue weighted by molar-refractivity contribution is -0.113. The van der Waals surface area contributed by atoms with Crippen LogP contribution < -0.4 is 10.5 Å². The minimum Gasteiger partial charge on any atom is -0.325 e. The van der Waals surface area contributed by atoms with Gasteiger partial charge in [0.25, 0.3) is 0 Å². The van der Waals surface area contributed by atoms with Gasteiger partial charge in [0.1, 0.15) is 0 Å². The number of nitrogens with one attached hydrogen (secondary N) is 1. The molecule has 3 N–H and O–H groups in total. The monoisotopic (exact) mass is 422 g/mol. The molecule has 1 heterocycles. The second-order valence-corrected chi connectivity index (χ2v) is 9.64. The molecule has 1 aromatic heterocycles.